The molecule has 0 bridgehead atoms. The molecule has 3 heterocycles. The van der Waals surface area contributed by atoms with E-state index in [9.17, 15) is 12.8 Å². The molecule has 0 fully saturated rings. The van der Waals surface area contributed by atoms with E-state index in [2.05, 4.69) is 37.4 Å². The van der Waals surface area contributed by atoms with Gasteiger partial charge < -0.3 is 4.74 Å². The summed E-state index contributed by atoms with van der Waals surface area (Å²) >= 11 is 2.05. The molecule has 4 aromatic rings. The number of nitrogens with zero attached hydrogens (tertiary/aromatic N) is 3. The van der Waals surface area contributed by atoms with Crippen molar-refractivity contribution >= 4 is 43.8 Å². The summed E-state index contributed by atoms with van der Waals surface area (Å²) in [4.78, 5) is 3.53. The van der Waals surface area contributed by atoms with Gasteiger partial charge in [-0.05, 0) is 52.4 Å². The lowest BCUT2D eigenvalue weighted by molar-refractivity contribution is 0.386. The maximum Gasteiger partial charge on any atom is 0.262 e. The number of fused-ring (bicyclic) bond motifs is 1. The third-order valence-corrected chi connectivity index (χ3v) is 6.50. The minimum atomic E-state index is -4.16. The smallest absolute Gasteiger partial charge is 0.262 e. The first kappa shape index (κ1) is 20.5. The van der Waals surface area contributed by atoms with E-state index in [-0.39, 0.29) is 10.5 Å². The Bertz CT molecular complexity index is 1360. The van der Waals surface area contributed by atoms with Crippen molar-refractivity contribution < 1.29 is 21.9 Å². The van der Waals surface area contributed by atoms with E-state index in [1.54, 1.807) is 29.0 Å². The largest absolute Gasteiger partial charge is 0.479 e. The van der Waals surface area contributed by atoms with E-state index >= 15 is 4.39 Å². The molecular formula is C19H13F2IN4O3S. The van der Waals surface area contributed by atoms with Crippen molar-refractivity contribution in [1.82, 2.24) is 14.6 Å². The van der Waals surface area contributed by atoms with Crippen molar-refractivity contribution in [2.45, 2.75) is 4.90 Å². The molecule has 0 aliphatic rings. The number of sulfonamides is 1. The van der Waals surface area contributed by atoms with Gasteiger partial charge in [0, 0.05) is 6.20 Å². The average Bonchev–Trinajstić information content (AvgIpc) is 3.11. The Morgan fingerprint density at radius 1 is 1.17 bits per heavy atom. The third kappa shape index (κ3) is 3.58. The van der Waals surface area contributed by atoms with E-state index in [4.69, 9.17) is 4.74 Å². The summed E-state index contributed by atoms with van der Waals surface area (Å²) in [7, 11) is -3.02. The fourth-order valence-corrected chi connectivity index (χ4v) is 4.50. The second-order valence-electron chi connectivity index (χ2n) is 6.13. The summed E-state index contributed by atoms with van der Waals surface area (Å²) in [5.74, 6) is -2.79. The van der Waals surface area contributed by atoms with Gasteiger partial charge in [-0.2, -0.15) is 14.5 Å². The van der Waals surface area contributed by atoms with Crippen molar-refractivity contribution in [3.63, 3.8) is 0 Å². The summed E-state index contributed by atoms with van der Waals surface area (Å²) in [6.45, 7) is 0. The van der Waals surface area contributed by atoms with Gasteiger partial charge in [0.25, 0.3) is 10.0 Å². The molecule has 0 unspecified atom stereocenters. The predicted octanol–water partition coefficient (Wildman–Crippen LogP) is 4.09. The van der Waals surface area contributed by atoms with Crippen LogP contribution < -0.4 is 9.46 Å². The van der Waals surface area contributed by atoms with E-state index < -0.39 is 38.9 Å². The van der Waals surface area contributed by atoms with Crippen LogP contribution in [0.3, 0.4) is 0 Å². The lowest BCUT2D eigenvalue weighted by Crippen LogP contribution is -2.16. The Morgan fingerprint density at radius 2 is 1.90 bits per heavy atom. The summed E-state index contributed by atoms with van der Waals surface area (Å²) in [5.41, 5.74) is -0.262. The lowest BCUT2D eigenvalue weighted by atomic mass is 10.1. The molecule has 1 aromatic carbocycles. The van der Waals surface area contributed by atoms with Crippen LogP contribution in [-0.4, -0.2) is 30.1 Å². The molecule has 0 amide bonds. The lowest BCUT2D eigenvalue weighted by Gasteiger charge is -2.15. The second kappa shape index (κ2) is 7.80. The molecule has 11 heteroatoms. The van der Waals surface area contributed by atoms with Gasteiger partial charge in [-0.1, -0.05) is 18.2 Å². The number of hydrogen-bond acceptors (Lipinski definition) is 5. The number of pyridine rings is 2. The summed E-state index contributed by atoms with van der Waals surface area (Å²) in [6.07, 6.45) is 3.15. The van der Waals surface area contributed by atoms with Crippen LogP contribution in [0.2, 0.25) is 0 Å². The molecule has 7 nitrogen and oxygen atoms in total. The van der Waals surface area contributed by atoms with Crippen molar-refractivity contribution in [2.75, 3.05) is 11.8 Å². The molecule has 154 valence electrons. The van der Waals surface area contributed by atoms with Gasteiger partial charge in [-0.3, -0.25) is 4.72 Å². The van der Waals surface area contributed by atoms with Crippen molar-refractivity contribution in [1.29, 1.82) is 0 Å². The first-order chi connectivity index (χ1) is 14.3. The molecule has 0 spiro atoms. The minimum Gasteiger partial charge on any atom is -0.479 e. The Balaban J connectivity index is 1.88. The highest BCUT2D eigenvalue weighted by Crippen LogP contribution is 2.37. The number of benzene rings is 1. The van der Waals surface area contributed by atoms with E-state index in [1.807, 2.05) is 0 Å². The van der Waals surface area contributed by atoms with E-state index in [0.29, 0.717) is 5.52 Å². The van der Waals surface area contributed by atoms with Crippen LogP contribution in [0.5, 0.6) is 5.88 Å². The Labute approximate surface area is 183 Å². The number of halogens is 3. The molecular weight excluding hydrogens is 529 g/mol. The molecule has 3 aromatic heterocycles. The van der Waals surface area contributed by atoms with Crippen LogP contribution in [0.1, 0.15) is 0 Å². The number of ether oxygens (including phenoxy) is 1. The maximum absolute atomic E-state index is 15.4. The number of methoxy groups -OCH3 is 1. The monoisotopic (exact) mass is 542 g/mol. The zero-order valence-corrected chi connectivity index (χ0v) is 18.3. The fraction of sp³-hybridized carbons (Fsp3) is 0.0526. The van der Waals surface area contributed by atoms with Crippen LogP contribution in [0.4, 0.5) is 14.5 Å². The first-order valence-electron chi connectivity index (χ1n) is 8.46. The molecule has 0 atom stereocenters. The number of nitrogens with one attached hydrogen (secondary N) is 1. The van der Waals surface area contributed by atoms with Gasteiger partial charge >= 0.3 is 0 Å². The van der Waals surface area contributed by atoms with Crippen molar-refractivity contribution in [3.05, 3.63) is 70.2 Å². The van der Waals surface area contributed by atoms with E-state index in [0.717, 1.165) is 10.7 Å². The number of anilines is 1. The van der Waals surface area contributed by atoms with Gasteiger partial charge in [0.15, 0.2) is 5.82 Å². The predicted molar refractivity (Wildman–Crippen MR) is 115 cm³/mol. The van der Waals surface area contributed by atoms with Gasteiger partial charge in [0.05, 0.1) is 32.9 Å². The Morgan fingerprint density at radius 3 is 2.60 bits per heavy atom. The number of rotatable bonds is 5. The molecule has 0 aliphatic carbocycles. The highest BCUT2D eigenvalue weighted by Gasteiger charge is 2.26. The molecule has 1 N–H and O–H groups in total. The highest BCUT2D eigenvalue weighted by molar-refractivity contribution is 14.1. The summed E-state index contributed by atoms with van der Waals surface area (Å²) in [5, 5.41) is 4.12. The van der Waals surface area contributed by atoms with Gasteiger partial charge in [0.1, 0.15) is 5.69 Å². The average molecular weight is 542 g/mol. The number of aromatic nitrogens is 3. The van der Waals surface area contributed by atoms with Crippen molar-refractivity contribution in [2.24, 2.45) is 0 Å². The Hall–Kier alpha value is -2.80. The zero-order chi connectivity index (χ0) is 21.5. The SMILES string of the molecule is COc1nc(F)c(-c2ccn3ncc(I)c3c2)c(F)c1NS(=O)(=O)c1ccccc1. The van der Waals surface area contributed by atoms with Gasteiger partial charge in [-0.25, -0.2) is 17.3 Å². The van der Waals surface area contributed by atoms with Crippen LogP contribution in [-0.2, 0) is 10.0 Å². The normalized spacial score (nSPS) is 11.6. The topological polar surface area (TPSA) is 85.6 Å². The van der Waals surface area contributed by atoms with Crippen LogP contribution in [0, 0.1) is 15.3 Å². The van der Waals surface area contributed by atoms with Gasteiger partial charge in [0.2, 0.25) is 11.8 Å². The zero-order valence-electron chi connectivity index (χ0n) is 15.3. The maximum atomic E-state index is 15.4. The van der Waals surface area contributed by atoms with Crippen LogP contribution in [0.25, 0.3) is 16.6 Å². The molecule has 4 rings (SSSR count). The molecule has 0 saturated heterocycles. The fourth-order valence-electron chi connectivity index (χ4n) is 2.89. The molecule has 0 radical (unpaired) electrons. The minimum absolute atomic E-state index is 0.0902. The van der Waals surface area contributed by atoms with Crippen molar-refractivity contribution in [3.8, 4) is 17.0 Å². The first-order valence-corrected chi connectivity index (χ1v) is 11.0. The quantitative estimate of drug-likeness (QED) is 0.304. The van der Waals surface area contributed by atoms with Gasteiger partial charge in [-0.15, -0.1) is 0 Å². The second-order valence-corrected chi connectivity index (χ2v) is 8.98. The van der Waals surface area contributed by atoms with Crippen LogP contribution in [0.15, 0.2) is 59.8 Å². The van der Waals surface area contributed by atoms with Crippen LogP contribution >= 0.6 is 22.6 Å². The highest BCUT2D eigenvalue weighted by atomic mass is 127. The molecule has 30 heavy (non-hydrogen) atoms. The number of hydrogen-bond donors (Lipinski definition) is 1. The third-order valence-electron chi connectivity index (χ3n) is 4.31. The van der Waals surface area contributed by atoms with E-state index in [1.165, 1.54) is 30.3 Å². The summed E-state index contributed by atoms with van der Waals surface area (Å²) < 4.78 is 64.9. The molecule has 0 saturated carbocycles. The summed E-state index contributed by atoms with van der Waals surface area (Å²) in [6, 6.07) is 10.4. The Kier molecular flexibility index (Phi) is 5.32. The molecule has 0 aliphatic heterocycles. The standard InChI is InChI=1S/C19H13F2IN4O3S/c1-29-19-17(25-30(27,28)12-5-3-2-4-6-12)16(20)15(18(21)24-19)11-7-8-26-14(9-11)13(22)10-23-26/h2-10,25H,1H3.